The Balaban J connectivity index is 1.55. The van der Waals surface area contributed by atoms with Gasteiger partial charge in [0.25, 0.3) is 0 Å². The fraction of sp³-hybridized carbons (Fsp3) is 0.500. The summed E-state index contributed by atoms with van der Waals surface area (Å²) in [5, 5.41) is 0. The maximum Gasteiger partial charge on any atom is 0.0246 e. The Bertz CT molecular complexity index is 484. The van der Waals surface area contributed by atoms with Crippen molar-refractivity contribution in [3.63, 3.8) is 0 Å². The van der Waals surface area contributed by atoms with Gasteiger partial charge >= 0.3 is 0 Å². The summed E-state index contributed by atoms with van der Waals surface area (Å²) in [7, 11) is 0. The minimum atomic E-state index is 0.706. The van der Waals surface area contributed by atoms with Crippen LogP contribution in [0.15, 0.2) is 24.3 Å². The van der Waals surface area contributed by atoms with Crippen LogP contribution in [-0.4, -0.2) is 0 Å². The van der Waals surface area contributed by atoms with Crippen LogP contribution in [0.4, 0.5) is 0 Å². The van der Waals surface area contributed by atoms with Crippen LogP contribution in [0.2, 0.25) is 0 Å². The number of hydrogen-bond acceptors (Lipinski definition) is 0. The third kappa shape index (κ3) is 1.24. The molecule has 0 nitrogen and oxygen atoms in total. The highest BCUT2D eigenvalue weighted by atomic mass is 14.5. The van der Waals surface area contributed by atoms with Crippen LogP contribution >= 0.6 is 0 Å². The first-order valence-corrected chi connectivity index (χ1v) is 6.50. The molecule has 3 aliphatic carbocycles. The molecule has 0 bridgehead atoms. The largest absolute Gasteiger partial charge is 0.0996 e. The van der Waals surface area contributed by atoms with Crippen molar-refractivity contribution in [1.29, 1.82) is 0 Å². The average Bonchev–Trinajstić information content (AvgIpc) is 3.05. The highest BCUT2D eigenvalue weighted by Gasteiger charge is 2.45. The Morgan fingerprint density at radius 3 is 2.81 bits per heavy atom. The normalized spacial score (nSPS) is 34.4. The van der Waals surface area contributed by atoms with Crippen molar-refractivity contribution in [2.24, 2.45) is 17.8 Å². The van der Waals surface area contributed by atoms with Crippen molar-refractivity contribution in [3.8, 4) is 11.8 Å². The maximum absolute atomic E-state index is 3.54. The van der Waals surface area contributed by atoms with Gasteiger partial charge in [0.05, 0.1) is 0 Å². The molecule has 16 heavy (non-hydrogen) atoms. The second-order valence-electron chi connectivity index (χ2n) is 5.58. The van der Waals surface area contributed by atoms with E-state index in [9.17, 15) is 0 Å². The van der Waals surface area contributed by atoms with Crippen molar-refractivity contribution in [2.45, 2.75) is 31.6 Å². The molecule has 1 aromatic rings. The lowest BCUT2D eigenvalue weighted by atomic mass is 9.65. The minimum absolute atomic E-state index is 0.706. The van der Waals surface area contributed by atoms with Crippen LogP contribution in [0.3, 0.4) is 0 Å². The van der Waals surface area contributed by atoms with Gasteiger partial charge in [-0.05, 0) is 48.6 Å². The second kappa shape index (κ2) is 3.14. The molecule has 0 aromatic heterocycles. The maximum atomic E-state index is 3.54. The van der Waals surface area contributed by atoms with E-state index in [0.717, 1.165) is 17.8 Å². The quantitative estimate of drug-likeness (QED) is 0.573. The molecule has 0 unspecified atom stereocenters. The van der Waals surface area contributed by atoms with E-state index in [2.05, 4.69) is 36.1 Å². The van der Waals surface area contributed by atoms with Gasteiger partial charge in [-0.25, -0.2) is 0 Å². The third-order valence-electron chi connectivity index (χ3n) is 4.50. The molecule has 4 rings (SSSR count). The van der Waals surface area contributed by atoms with E-state index in [1.807, 2.05) is 0 Å². The first kappa shape index (κ1) is 8.88. The summed E-state index contributed by atoms with van der Waals surface area (Å²) in [5.74, 6) is 10.2. The zero-order valence-corrected chi connectivity index (χ0v) is 9.45. The lowest BCUT2D eigenvalue weighted by molar-refractivity contribution is 0.206. The van der Waals surface area contributed by atoms with Crippen LogP contribution in [0.1, 0.15) is 36.3 Å². The molecule has 0 amide bonds. The van der Waals surface area contributed by atoms with E-state index in [-0.39, 0.29) is 0 Å². The molecular weight excluding hydrogens is 192 g/mol. The fourth-order valence-corrected chi connectivity index (χ4v) is 3.30. The van der Waals surface area contributed by atoms with Gasteiger partial charge < -0.3 is 0 Å². The molecule has 0 radical (unpaired) electrons. The summed E-state index contributed by atoms with van der Waals surface area (Å²) in [6.45, 7) is 0. The van der Waals surface area contributed by atoms with Gasteiger partial charge in [-0.3, -0.25) is 0 Å². The molecule has 80 valence electrons. The van der Waals surface area contributed by atoms with E-state index < -0.39 is 0 Å². The topological polar surface area (TPSA) is 0 Å². The molecule has 0 aliphatic heterocycles. The molecule has 2 fully saturated rings. The summed E-state index contributed by atoms with van der Waals surface area (Å²) in [5.41, 5.74) is 3.21. The molecule has 0 spiro atoms. The third-order valence-corrected chi connectivity index (χ3v) is 4.50. The molecule has 0 saturated heterocycles. The highest BCUT2D eigenvalue weighted by Crippen LogP contribution is 2.54. The van der Waals surface area contributed by atoms with Gasteiger partial charge in [-0.1, -0.05) is 36.1 Å². The summed E-state index contributed by atoms with van der Waals surface area (Å²) < 4.78 is 0. The predicted octanol–water partition coefficient (Wildman–Crippen LogP) is 3.38. The Morgan fingerprint density at radius 2 is 1.94 bits per heavy atom. The van der Waals surface area contributed by atoms with Gasteiger partial charge in [-0.15, -0.1) is 0 Å². The van der Waals surface area contributed by atoms with Crippen molar-refractivity contribution in [3.05, 3.63) is 35.4 Å². The number of fused-ring (bicyclic) bond motifs is 3. The Hall–Kier alpha value is -1.22. The zero-order chi connectivity index (χ0) is 10.5. The van der Waals surface area contributed by atoms with Crippen molar-refractivity contribution in [2.75, 3.05) is 0 Å². The first-order chi connectivity index (χ1) is 7.92. The summed E-state index contributed by atoms with van der Waals surface area (Å²) in [4.78, 5) is 0. The second-order valence-corrected chi connectivity index (χ2v) is 5.58. The van der Waals surface area contributed by atoms with Gasteiger partial charge in [-0.2, -0.15) is 0 Å². The van der Waals surface area contributed by atoms with Crippen molar-refractivity contribution in [1.82, 2.24) is 0 Å². The number of rotatable bonds is 0. The van der Waals surface area contributed by atoms with Gasteiger partial charge in [0, 0.05) is 11.8 Å². The van der Waals surface area contributed by atoms with Crippen LogP contribution in [0, 0.1) is 29.6 Å². The fourth-order valence-electron chi connectivity index (χ4n) is 3.30. The molecule has 0 N–H and O–H groups in total. The number of hydrogen-bond donors (Lipinski definition) is 0. The van der Waals surface area contributed by atoms with E-state index >= 15 is 0 Å². The van der Waals surface area contributed by atoms with Crippen molar-refractivity contribution >= 4 is 0 Å². The van der Waals surface area contributed by atoms with E-state index in [1.54, 1.807) is 11.1 Å². The van der Waals surface area contributed by atoms with Crippen molar-refractivity contribution < 1.29 is 0 Å². The summed E-state index contributed by atoms with van der Waals surface area (Å²) in [6, 6.07) is 8.99. The van der Waals surface area contributed by atoms with Gasteiger partial charge in [0.1, 0.15) is 0 Å². The van der Waals surface area contributed by atoms with Crippen LogP contribution in [-0.2, 0) is 6.42 Å². The molecule has 0 heteroatoms. The Kier molecular flexibility index (Phi) is 1.74. The minimum Gasteiger partial charge on any atom is -0.0996 e. The predicted molar refractivity (Wildman–Crippen MR) is 65.0 cm³/mol. The number of benzene rings is 1. The SMILES string of the molecule is C(#C[C@H]1C[C@H]2c3ccccc3C[C@@H]12)C1CC1. The van der Waals surface area contributed by atoms with Crippen LogP contribution in [0.5, 0.6) is 0 Å². The Labute approximate surface area is 97.1 Å². The standard InChI is InChI=1S/C16H16/c1-2-4-14-12(3-1)9-15-13(10-16(14)15)8-7-11-5-6-11/h1-4,11,13,15-16H,5-6,9-10H2/t13-,15-,16-/m0/s1. The smallest absolute Gasteiger partial charge is 0.0246 e. The van der Waals surface area contributed by atoms with Gasteiger partial charge in [0.2, 0.25) is 0 Å². The molecular formula is C16H16. The van der Waals surface area contributed by atoms with E-state index in [0.29, 0.717) is 5.92 Å². The molecule has 3 atom stereocenters. The van der Waals surface area contributed by atoms with Gasteiger partial charge in [0.15, 0.2) is 0 Å². The lowest BCUT2D eigenvalue weighted by Gasteiger charge is -2.37. The summed E-state index contributed by atoms with van der Waals surface area (Å²) in [6.07, 6.45) is 5.31. The molecule has 0 heterocycles. The summed E-state index contributed by atoms with van der Waals surface area (Å²) >= 11 is 0. The Morgan fingerprint density at radius 1 is 1.06 bits per heavy atom. The first-order valence-electron chi connectivity index (χ1n) is 6.50. The average molecular weight is 208 g/mol. The molecule has 1 aromatic carbocycles. The molecule has 2 saturated carbocycles. The van der Waals surface area contributed by atoms with Crippen LogP contribution in [0.25, 0.3) is 0 Å². The highest BCUT2D eigenvalue weighted by molar-refractivity contribution is 5.40. The lowest BCUT2D eigenvalue weighted by Crippen LogP contribution is -2.31. The zero-order valence-electron chi connectivity index (χ0n) is 9.45. The monoisotopic (exact) mass is 208 g/mol. The van der Waals surface area contributed by atoms with E-state index in [1.165, 1.54) is 25.7 Å². The van der Waals surface area contributed by atoms with Crippen LogP contribution < -0.4 is 0 Å². The molecule has 3 aliphatic rings. The van der Waals surface area contributed by atoms with E-state index in [4.69, 9.17) is 0 Å².